The number of hydrogen-bond acceptors (Lipinski definition) is 6. The first-order valence-corrected chi connectivity index (χ1v) is 19.4. The van der Waals surface area contributed by atoms with Crippen molar-refractivity contribution in [3.63, 3.8) is 0 Å². The van der Waals surface area contributed by atoms with Gasteiger partial charge < -0.3 is 20.1 Å². The van der Waals surface area contributed by atoms with Crippen LogP contribution >= 0.6 is 0 Å². The van der Waals surface area contributed by atoms with Crippen LogP contribution in [0.25, 0.3) is 0 Å². The minimum Gasteiger partial charge on any atom is -0.508 e. The summed E-state index contributed by atoms with van der Waals surface area (Å²) in [5.41, 5.74) is 5.39. The Morgan fingerprint density at radius 1 is 0.527 bits per heavy atom. The van der Waals surface area contributed by atoms with Gasteiger partial charge in [0.2, 0.25) is 0 Å². The second kappa shape index (κ2) is 18.2. The number of nitrogens with zero attached hydrogens (tertiary/aromatic N) is 2. The molecular weight excluding hydrogens is 727 g/mol. The van der Waals surface area contributed by atoms with E-state index in [-0.39, 0.29) is 56.3 Å². The molecule has 0 bridgehead atoms. The maximum absolute atomic E-state index is 11.2. The second-order valence-corrected chi connectivity index (χ2v) is 18.8. The number of aliphatic imine (C=N–C) groups is 2. The van der Waals surface area contributed by atoms with E-state index in [1.54, 1.807) is 24.3 Å². The predicted octanol–water partition coefficient (Wildman–Crippen LogP) is 12.3. The molecule has 1 radical (unpaired) electrons. The molecule has 55 heavy (non-hydrogen) atoms. The first kappa shape index (κ1) is 45.3. The maximum atomic E-state index is 11.2. The van der Waals surface area contributed by atoms with Crippen molar-refractivity contribution in [3.8, 4) is 28.7 Å². The number of aromatic hydroxyl groups is 3. The van der Waals surface area contributed by atoms with E-state index in [2.05, 4.69) is 107 Å². The van der Waals surface area contributed by atoms with Gasteiger partial charge in [-0.3, -0.25) is 9.98 Å². The molecule has 1 fully saturated rings. The van der Waals surface area contributed by atoms with Crippen LogP contribution in [0, 0.1) is 0 Å². The second-order valence-electron chi connectivity index (χ2n) is 18.8. The van der Waals surface area contributed by atoms with Crippen LogP contribution in [0.15, 0.2) is 88.8 Å². The van der Waals surface area contributed by atoms with E-state index in [0.717, 1.165) is 53.7 Å². The molecule has 0 aromatic heterocycles. The molecule has 7 heteroatoms. The molecule has 0 saturated heterocycles. The van der Waals surface area contributed by atoms with Crippen LogP contribution < -0.4 is 4.74 Å². The van der Waals surface area contributed by atoms with Crippen LogP contribution in [0.3, 0.4) is 0 Å². The number of para-hydroxylation sites is 1. The molecule has 0 spiro atoms. The molecule has 4 aromatic carbocycles. The molecule has 1 saturated carbocycles. The Morgan fingerprint density at radius 3 is 1.27 bits per heavy atom. The Morgan fingerprint density at radius 2 is 0.909 bits per heavy atom. The monoisotopic (exact) mass is 791 g/mol. The van der Waals surface area contributed by atoms with E-state index in [0.29, 0.717) is 17.2 Å². The van der Waals surface area contributed by atoms with E-state index in [4.69, 9.17) is 19.8 Å². The number of hydrogen-bond donors (Lipinski definition) is 3. The van der Waals surface area contributed by atoms with Crippen molar-refractivity contribution >= 4 is 12.4 Å². The van der Waals surface area contributed by atoms with Gasteiger partial charge in [-0.05, 0) is 94.2 Å². The fraction of sp³-hybridized carbons (Fsp3) is 0.458. The van der Waals surface area contributed by atoms with Crippen LogP contribution in [0.1, 0.15) is 142 Å². The standard InChI is InChI=1S/C36H54N2O2.C12H10O2.Co/c1-33(2,3)25-17-23(31(39)27(19-25)35(7,8)9)21-37-29-15-13-14-16-30(29)38-22-24-18-26(34(4,5)6)20-28(32(24)40)36(10,11)12;13-10-6-8-12(9-7-10)14-11-4-2-1-3-5-11;/h17-22,29-30,39-40H,13-16H2,1-12H3;1-9,13H;/b37-21+,38-22+;;. The minimum atomic E-state index is -0.179. The van der Waals surface area contributed by atoms with Gasteiger partial charge in [0, 0.05) is 51.5 Å². The summed E-state index contributed by atoms with van der Waals surface area (Å²) in [6.45, 7) is 26.0. The van der Waals surface area contributed by atoms with Gasteiger partial charge in [0.05, 0.1) is 12.1 Å². The van der Waals surface area contributed by atoms with E-state index < -0.39 is 0 Å². The van der Waals surface area contributed by atoms with Gasteiger partial charge in [0.15, 0.2) is 0 Å². The quantitative estimate of drug-likeness (QED) is 0.170. The summed E-state index contributed by atoms with van der Waals surface area (Å²) in [4.78, 5) is 10.1. The average Bonchev–Trinajstić information content (AvgIpc) is 3.07. The van der Waals surface area contributed by atoms with Crippen molar-refractivity contribution in [3.05, 3.63) is 112 Å². The zero-order chi connectivity index (χ0) is 40.1. The Hall–Kier alpha value is -4.07. The van der Waals surface area contributed by atoms with Crippen molar-refractivity contribution in [1.29, 1.82) is 0 Å². The summed E-state index contributed by atoms with van der Waals surface area (Å²) < 4.78 is 5.52. The molecule has 5 rings (SSSR count). The summed E-state index contributed by atoms with van der Waals surface area (Å²) in [7, 11) is 0. The Kier molecular flexibility index (Phi) is 15.0. The SMILES string of the molecule is CC(C)(C)c1cc(/C=N/C2CCCCC2/N=C/c2cc(C(C)(C)C)cc(C(C)(C)C)c2O)c(O)c(C(C)(C)C)c1.Oc1ccc(Oc2ccccc2)cc1.[Co]. The van der Waals surface area contributed by atoms with Gasteiger partial charge in [-0.15, -0.1) is 0 Å². The molecule has 299 valence electrons. The number of phenolic OH excluding ortho intramolecular Hbond substituents is 3. The molecule has 2 unspecified atom stereocenters. The fourth-order valence-corrected chi connectivity index (χ4v) is 6.45. The average molecular weight is 792 g/mol. The summed E-state index contributed by atoms with van der Waals surface area (Å²) in [5.74, 6) is 2.38. The summed E-state index contributed by atoms with van der Waals surface area (Å²) >= 11 is 0. The molecule has 1 aliphatic rings. The van der Waals surface area contributed by atoms with Crippen molar-refractivity contribution in [2.24, 2.45) is 9.98 Å². The number of benzene rings is 4. The van der Waals surface area contributed by atoms with Gasteiger partial charge >= 0.3 is 0 Å². The summed E-state index contributed by atoms with van der Waals surface area (Å²) in [6, 6.07) is 24.7. The van der Waals surface area contributed by atoms with Gasteiger partial charge in [-0.25, -0.2) is 0 Å². The third-order valence-electron chi connectivity index (χ3n) is 9.95. The zero-order valence-electron chi connectivity index (χ0n) is 35.1. The molecule has 0 amide bonds. The van der Waals surface area contributed by atoms with Crippen LogP contribution in [0.4, 0.5) is 0 Å². The molecule has 1 aliphatic carbocycles. The predicted molar refractivity (Wildman–Crippen MR) is 227 cm³/mol. The van der Waals surface area contributed by atoms with Gasteiger partial charge in [0.25, 0.3) is 0 Å². The van der Waals surface area contributed by atoms with E-state index in [1.807, 2.05) is 42.8 Å². The zero-order valence-corrected chi connectivity index (χ0v) is 36.2. The number of phenols is 3. The van der Waals surface area contributed by atoms with Gasteiger partial charge in [-0.1, -0.05) is 126 Å². The van der Waals surface area contributed by atoms with Gasteiger partial charge in [-0.2, -0.15) is 0 Å². The molecule has 4 aromatic rings. The van der Waals surface area contributed by atoms with Crippen LogP contribution in [-0.4, -0.2) is 39.8 Å². The topological polar surface area (TPSA) is 94.6 Å². The van der Waals surface area contributed by atoms with Crippen LogP contribution in [-0.2, 0) is 38.4 Å². The number of rotatable bonds is 6. The van der Waals surface area contributed by atoms with E-state index in [9.17, 15) is 10.2 Å². The Balaban J connectivity index is 0.000000451. The molecule has 2 atom stereocenters. The summed E-state index contributed by atoms with van der Waals surface area (Å²) in [6.07, 6.45) is 7.90. The van der Waals surface area contributed by atoms with Crippen molar-refractivity contribution in [2.75, 3.05) is 0 Å². The van der Waals surface area contributed by atoms with Crippen LogP contribution in [0.2, 0.25) is 0 Å². The third kappa shape index (κ3) is 12.7. The minimum absolute atomic E-state index is 0. The van der Waals surface area contributed by atoms with E-state index in [1.165, 1.54) is 11.1 Å². The van der Waals surface area contributed by atoms with Crippen molar-refractivity contribution in [1.82, 2.24) is 0 Å². The molecule has 0 heterocycles. The Bertz CT molecular complexity index is 1810. The number of ether oxygens (including phenoxy) is 1. The van der Waals surface area contributed by atoms with Crippen molar-refractivity contribution in [2.45, 2.75) is 143 Å². The van der Waals surface area contributed by atoms with Crippen molar-refractivity contribution < 1.29 is 36.8 Å². The normalized spacial score (nSPS) is 16.7. The maximum Gasteiger partial charge on any atom is 0.128 e. The molecular formula is C48H64CoN2O4. The summed E-state index contributed by atoms with van der Waals surface area (Å²) in [5, 5.41) is 31.5. The third-order valence-corrected chi connectivity index (χ3v) is 9.95. The van der Waals surface area contributed by atoms with Gasteiger partial charge in [0.1, 0.15) is 28.7 Å². The largest absolute Gasteiger partial charge is 0.508 e. The molecule has 0 aliphatic heterocycles. The molecule has 6 nitrogen and oxygen atoms in total. The Labute approximate surface area is 341 Å². The van der Waals surface area contributed by atoms with E-state index >= 15 is 0 Å². The first-order chi connectivity index (χ1) is 25.0. The first-order valence-electron chi connectivity index (χ1n) is 19.4. The fourth-order valence-electron chi connectivity index (χ4n) is 6.45. The molecule has 3 N–H and O–H groups in total. The smallest absolute Gasteiger partial charge is 0.128 e. The van der Waals surface area contributed by atoms with Crippen LogP contribution in [0.5, 0.6) is 28.7 Å².